The zero-order chi connectivity index (χ0) is 37.5. The van der Waals surface area contributed by atoms with E-state index in [2.05, 4.69) is 35.1 Å². The number of carbonyl (C=O) groups is 5. The number of carbonyl (C=O) groups excluding carboxylic acids is 5. The first-order valence-corrected chi connectivity index (χ1v) is 20.9. The number of amides is 5. The molecular weight excluding hydrogens is 673 g/mol. The molecule has 5 aliphatic rings. The van der Waals surface area contributed by atoms with Crippen molar-refractivity contribution in [1.82, 2.24) is 30.5 Å². The summed E-state index contributed by atoms with van der Waals surface area (Å²) in [6.45, 7) is 12.0. The zero-order valence-corrected chi connectivity index (χ0v) is 32.6. The molecule has 0 spiro atoms. The predicted octanol–water partition coefficient (Wildman–Crippen LogP) is 3.22. The molecule has 4 saturated carbocycles. The molecule has 1 saturated heterocycles. The number of urea groups is 1. The third-order valence-corrected chi connectivity index (χ3v) is 14.5. The number of hydrogen-bond donors (Lipinski definition) is 4. The van der Waals surface area contributed by atoms with Crippen LogP contribution < -0.4 is 21.3 Å². The molecule has 0 aromatic heterocycles. The van der Waals surface area contributed by atoms with Gasteiger partial charge >= 0.3 is 6.03 Å². The van der Waals surface area contributed by atoms with Gasteiger partial charge in [-0.05, 0) is 67.6 Å². The summed E-state index contributed by atoms with van der Waals surface area (Å²) in [7, 11) is -2.02. The molecule has 1 aliphatic heterocycles. The Hall–Kier alpha value is -2.74. The smallest absolute Gasteiger partial charge is 0.315 e. The highest BCUT2D eigenvalue weighted by Crippen LogP contribution is 2.65. The van der Waals surface area contributed by atoms with Crippen LogP contribution in [-0.4, -0.2) is 102 Å². The number of nitrogens with zero attached hydrogens (tertiary/aromatic N) is 2. The largest absolute Gasteiger partial charge is 0.347 e. The second kappa shape index (κ2) is 14.9. The Morgan fingerprint density at radius 1 is 0.941 bits per heavy atom. The van der Waals surface area contributed by atoms with Gasteiger partial charge in [0, 0.05) is 25.7 Å². The summed E-state index contributed by atoms with van der Waals surface area (Å²) < 4.78 is 28.6. The van der Waals surface area contributed by atoms with Gasteiger partial charge in [0.25, 0.3) is 5.91 Å². The van der Waals surface area contributed by atoms with Gasteiger partial charge in [-0.25, -0.2) is 17.5 Å². The monoisotopic (exact) mass is 734 g/mol. The fourth-order valence-corrected chi connectivity index (χ4v) is 10.5. The second-order valence-corrected chi connectivity index (χ2v) is 19.8. The number of hydrogen-bond acceptors (Lipinski definition) is 7. The summed E-state index contributed by atoms with van der Waals surface area (Å²) in [4.78, 5) is 70.0. The van der Waals surface area contributed by atoms with Crippen LogP contribution in [0.1, 0.15) is 125 Å². The van der Waals surface area contributed by atoms with E-state index >= 15 is 0 Å². The van der Waals surface area contributed by atoms with E-state index in [9.17, 15) is 32.4 Å². The Balaban J connectivity index is 1.32. The number of likely N-dealkylation sites (tertiary alicyclic amines) is 1. The highest BCUT2D eigenvalue weighted by Gasteiger charge is 2.70. The number of sulfonamides is 1. The van der Waals surface area contributed by atoms with Crippen LogP contribution in [0.15, 0.2) is 0 Å². The van der Waals surface area contributed by atoms with Gasteiger partial charge in [0.1, 0.15) is 12.1 Å². The highest BCUT2D eigenvalue weighted by molar-refractivity contribution is 7.89. The van der Waals surface area contributed by atoms with Crippen molar-refractivity contribution in [3.8, 4) is 0 Å². The number of piperidine rings is 1. The first kappa shape index (κ1) is 39.5. The van der Waals surface area contributed by atoms with Gasteiger partial charge in [0.15, 0.2) is 0 Å². The number of ketones is 1. The van der Waals surface area contributed by atoms with E-state index in [1.54, 1.807) is 11.9 Å². The lowest BCUT2D eigenvalue weighted by atomic mass is 9.83. The van der Waals surface area contributed by atoms with Crippen LogP contribution in [0.4, 0.5) is 4.79 Å². The van der Waals surface area contributed by atoms with Crippen molar-refractivity contribution in [2.75, 3.05) is 19.3 Å². The Labute approximate surface area is 304 Å². The molecule has 5 fully saturated rings. The number of nitrogens with one attached hydrogen (secondary N) is 4. The molecule has 5 amide bonds. The summed E-state index contributed by atoms with van der Waals surface area (Å²) in [6.07, 6.45) is 9.68. The van der Waals surface area contributed by atoms with Gasteiger partial charge in [0.05, 0.1) is 17.3 Å². The van der Waals surface area contributed by atoms with E-state index in [1.807, 2.05) is 27.7 Å². The molecule has 4 aliphatic carbocycles. The molecule has 14 heteroatoms. The Morgan fingerprint density at radius 2 is 1.59 bits per heavy atom. The second-order valence-electron chi connectivity index (χ2n) is 17.8. The fourth-order valence-electron chi connectivity index (χ4n) is 8.57. The molecule has 0 aromatic rings. The first-order chi connectivity index (χ1) is 23.8. The van der Waals surface area contributed by atoms with Crippen LogP contribution in [0.2, 0.25) is 0 Å². The van der Waals surface area contributed by atoms with Gasteiger partial charge in [-0.15, -0.1) is 0 Å². The van der Waals surface area contributed by atoms with Gasteiger partial charge < -0.3 is 26.2 Å². The van der Waals surface area contributed by atoms with Crippen LogP contribution in [0.3, 0.4) is 0 Å². The van der Waals surface area contributed by atoms with Gasteiger partial charge in [0.2, 0.25) is 27.6 Å². The minimum Gasteiger partial charge on any atom is -0.347 e. The Morgan fingerprint density at radius 3 is 2.14 bits per heavy atom. The summed E-state index contributed by atoms with van der Waals surface area (Å²) in [5.41, 5.74) is -1.91. The molecular formula is C37H62N6O7S. The lowest BCUT2D eigenvalue weighted by molar-refractivity contribution is -0.145. The molecule has 5 atom stereocenters. The van der Waals surface area contributed by atoms with Crippen molar-refractivity contribution in [1.29, 1.82) is 0 Å². The van der Waals surface area contributed by atoms with E-state index in [1.165, 1.54) is 4.31 Å². The van der Waals surface area contributed by atoms with Crippen LogP contribution in [0, 0.1) is 22.7 Å². The van der Waals surface area contributed by atoms with Crippen molar-refractivity contribution >= 4 is 39.6 Å². The van der Waals surface area contributed by atoms with Crippen molar-refractivity contribution in [3.05, 3.63) is 0 Å². The predicted molar refractivity (Wildman–Crippen MR) is 194 cm³/mol. The average molecular weight is 735 g/mol. The zero-order valence-electron chi connectivity index (χ0n) is 31.8. The number of unbranched alkanes of at least 4 members (excludes halogenated alkanes) is 1. The fraction of sp³-hybridized carbons (Fsp3) is 0.865. The summed E-state index contributed by atoms with van der Waals surface area (Å²) >= 11 is 0. The van der Waals surface area contributed by atoms with E-state index < -0.39 is 68.6 Å². The van der Waals surface area contributed by atoms with Gasteiger partial charge in [-0.1, -0.05) is 80.1 Å². The molecule has 13 nitrogen and oxygen atoms in total. The molecule has 0 aromatic carbocycles. The molecule has 0 unspecified atom stereocenters. The first-order valence-electron chi connectivity index (χ1n) is 19.3. The maximum atomic E-state index is 14.5. The quantitative estimate of drug-likeness (QED) is 0.187. The van der Waals surface area contributed by atoms with Crippen molar-refractivity contribution in [2.24, 2.45) is 22.7 Å². The molecule has 0 radical (unpaired) electrons. The van der Waals surface area contributed by atoms with Crippen LogP contribution >= 0.6 is 0 Å². The third kappa shape index (κ3) is 8.74. The van der Waals surface area contributed by atoms with E-state index in [4.69, 9.17) is 0 Å². The summed E-state index contributed by atoms with van der Waals surface area (Å²) in [5.74, 6) is -2.50. The number of rotatable bonds is 15. The molecule has 288 valence electrons. The summed E-state index contributed by atoms with van der Waals surface area (Å²) in [6, 6.07) is -3.50. The number of fused-ring (bicyclic) bond motifs is 1. The molecule has 5 rings (SSSR count). The standard InChI is InChI=1S/C37H62N6O7S/c1-8-9-16-26(29(44)32(46)38-23-17-18-23)39-31(45)28-27-25(36(27,5)6)21-43(28)33(47)30(35(2,3)4)40-34(48)41-37(19-11-10-12-20-37)22-51(49,50)42(7)24-14-13-15-24/h23-28,30H,8-22H2,1-7H3,(H,38,46)(H,39,45)(H2,40,41,48)/t25-,26-,27-,28-,30+/m0/s1. The number of Topliss-reactive ketones (excluding diaryl/α,β-unsaturated/α-hetero) is 1. The topological polar surface area (TPSA) is 174 Å². The van der Waals surface area contributed by atoms with Gasteiger partial charge in [-0.2, -0.15) is 0 Å². The SMILES string of the molecule is CCCC[C@H](NC(=O)[C@@H]1[C@@H]2[C@H](CN1C(=O)[C@@H](NC(=O)NC1(CS(=O)(=O)N(C)C3CCC3)CCCCC1)C(C)(C)C)C2(C)C)C(=O)C(=O)NC1CC1. The van der Waals surface area contributed by atoms with Crippen molar-refractivity contribution < 1.29 is 32.4 Å². The van der Waals surface area contributed by atoms with Crippen molar-refractivity contribution in [3.63, 3.8) is 0 Å². The van der Waals surface area contributed by atoms with E-state index in [0.29, 0.717) is 32.2 Å². The normalized spacial score (nSPS) is 26.7. The Bertz CT molecular complexity index is 1460. The van der Waals surface area contributed by atoms with Crippen LogP contribution in [0.25, 0.3) is 0 Å². The molecule has 1 heterocycles. The average Bonchev–Trinajstić information content (AvgIpc) is 3.87. The highest BCUT2D eigenvalue weighted by atomic mass is 32.2. The molecule has 4 N–H and O–H groups in total. The van der Waals surface area contributed by atoms with Crippen LogP contribution in [-0.2, 0) is 29.2 Å². The van der Waals surface area contributed by atoms with Crippen LogP contribution in [0.5, 0.6) is 0 Å². The molecule has 0 bridgehead atoms. The van der Waals surface area contributed by atoms with Crippen molar-refractivity contribution in [2.45, 2.75) is 161 Å². The maximum Gasteiger partial charge on any atom is 0.315 e. The van der Waals surface area contributed by atoms with Gasteiger partial charge in [-0.3, -0.25) is 19.2 Å². The summed E-state index contributed by atoms with van der Waals surface area (Å²) in [5, 5.41) is 11.6. The van der Waals surface area contributed by atoms with E-state index in [-0.39, 0.29) is 35.1 Å². The Kier molecular flexibility index (Phi) is 11.6. The minimum absolute atomic E-state index is 0.00467. The maximum absolute atomic E-state index is 14.5. The molecule has 51 heavy (non-hydrogen) atoms. The lowest BCUT2D eigenvalue weighted by Crippen LogP contribution is -2.64. The third-order valence-electron chi connectivity index (χ3n) is 12.4. The lowest BCUT2D eigenvalue weighted by Gasteiger charge is -2.42. The van der Waals surface area contributed by atoms with E-state index in [0.717, 1.165) is 57.8 Å². The minimum atomic E-state index is -3.65.